The van der Waals surface area contributed by atoms with E-state index in [1.807, 2.05) is 19.9 Å². The van der Waals surface area contributed by atoms with Crippen LogP contribution in [0.2, 0.25) is 0 Å². The summed E-state index contributed by atoms with van der Waals surface area (Å²) in [6, 6.07) is 15.0. The first kappa shape index (κ1) is 17.2. The number of aliphatic imine (C=N–C) groups is 1. The summed E-state index contributed by atoms with van der Waals surface area (Å²) in [5, 5.41) is 9.65. The Labute approximate surface area is 152 Å². The predicted molar refractivity (Wildman–Crippen MR) is 102 cm³/mol. The molecule has 2 aromatic carbocycles. The van der Waals surface area contributed by atoms with Crippen molar-refractivity contribution in [1.29, 1.82) is 5.26 Å². The first-order chi connectivity index (χ1) is 12.1. The number of thioether (sulfide) groups is 1. The van der Waals surface area contributed by atoms with E-state index in [4.69, 9.17) is 10.3 Å². The molecule has 1 aliphatic rings. The fraction of sp³-hybridized carbons (Fsp3) is 0.250. The molecular formula is C20H19N3OS. The van der Waals surface area contributed by atoms with Gasteiger partial charge in [0.25, 0.3) is 5.91 Å². The maximum Gasteiger partial charge on any atom is 0.259 e. The molecule has 4 nitrogen and oxygen atoms in total. The number of aryl methyl sites for hydroxylation is 2. The summed E-state index contributed by atoms with van der Waals surface area (Å²) in [6.07, 6.45) is 0.943. The number of hydrogen-bond donors (Lipinski definition) is 0. The Morgan fingerprint density at radius 3 is 2.68 bits per heavy atom. The van der Waals surface area contributed by atoms with E-state index < -0.39 is 0 Å². The molecule has 1 fully saturated rings. The number of carbonyl (C=O) groups is 1. The SMILES string of the molecule is Cc1ccc(C)c(N=C2SCCCN2C(=O)c2ccc(C#N)cc2)c1. The molecule has 0 unspecified atom stereocenters. The molecule has 0 aliphatic carbocycles. The molecule has 0 spiro atoms. The van der Waals surface area contributed by atoms with Gasteiger partial charge >= 0.3 is 0 Å². The van der Waals surface area contributed by atoms with Crippen molar-refractivity contribution in [3.63, 3.8) is 0 Å². The fourth-order valence-corrected chi connectivity index (χ4v) is 3.58. The summed E-state index contributed by atoms with van der Waals surface area (Å²) in [5.74, 6) is 0.890. The van der Waals surface area contributed by atoms with Gasteiger partial charge in [-0.25, -0.2) is 4.99 Å². The van der Waals surface area contributed by atoms with Crippen molar-refractivity contribution in [2.75, 3.05) is 12.3 Å². The second kappa shape index (κ2) is 7.54. The van der Waals surface area contributed by atoms with Gasteiger partial charge in [-0.1, -0.05) is 23.9 Å². The zero-order chi connectivity index (χ0) is 17.8. The molecule has 3 rings (SSSR count). The lowest BCUT2D eigenvalue weighted by atomic mass is 10.1. The van der Waals surface area contributed by atoms with Crippen LogP contribution < -0.4 is 0 Å². The highest BCUT2D eigenvalue weighted by molar-refractivity contribution is 8.13. The third-order valence-corrected chi connectivity index (χ3v) is 5.14. The van der Waals surface area contributed by atoms with Crippen LogP contribution in [-0.2, 0) is 0 Å². The van der Waals surface area contributed by atoms with Crippen molar-refractivity contribution >= 4 is 28.5 Å². The van der Waals surface area contributed by atoms with E-state index in [1.165, 1.54) is 0 Å². The molecule has 5 heteroatoms. The monoisotopic (exact) mass is 349 g/mol. The van der Waals surface area contributed by atoms with Gasteiger partial charge in [0.2, 0.25) is 0 Å². The van der Waals surface area contributed by atoms with Gasteiger partial charge in [-0.2, -0.15) is 5.26 Å². The van der Waals surface area contributed by atoms with Crippen LogP contribution in [0.25, 0.3) is 0 Å². The van der Waals surface area contributed by atoms with Crippen LogP contribution >= 0.6 is 11.8 Å². The average molecular weight is 349 g/mol. The zero-order valence-corrected chi connectivity index (χ0v) is 15.1. The van der Waals surface area contributed by atoms with Crippen LogP contribution in [-0.4, -0.2) is 28.3 Å². The van der Waals surface area contributed by atoms with Crippen molar-refractivity contribution < 1.29 is 4.79 Å². The van der Waals surface area contributed by atoms with Crippen LogP contribution in [0.3, 0.4) is 0 Å². The number of amides is 1. The first-order valence-corrected chi connectivity index (χ1v) is 9.18. The van der Waals surface area contributed by atoms with E-state index in [0.29, 0.717) is 17.7 Å². The Kier molecular flexibility index (Phi) is 5.20. The minimum Gasteiger partial charge on any atom is -0.287 e. The van der Waals surface area contributed by atoms with Crippen molar-refractivity contribution in [2.45, 2.75) is 20.3 Å². The summed E-state index contributed by atoms with van der Waals surface area (Å²) in [5.41, 5.74) is 4.27. The van der Waals surface area contributed by atoms with E-state index in [9.17, 15) is 4.79 Å². The smallest absolute Gasteiger partial charge is 0.259 e. The Balaban J connectivity index is 1.92. The molecule has 0 atom stereocenters. The maximum atomic E-state index is 12.9. The molecule has 2 aromatic rings. The van der Waals surface area contributed by atoms with E-state index in [1.54, 1.807) is 40.9 Å². The molecule has 126 valence electrons. The van der Waals surface area contributed by atoms with Crippen molar-refractivity contribution in [3.8, 4) is 6.07 Å². The number of nitrogens with zero attached hydrogens (tertiary/aromatic N) is 3. The largest absolute Gasteiger partial charge is 0.287 e. The summed E-state index contributed by atoms with van der Waals surface area (Å²) in [6.45, 7) is 4.73. The molecule has 1 heterocycles. The fourth-order valence-electron chi connectivity index (χ4n) is 2.63. The minimum absolute atomic E-state index is 0.0688. The Morgan fingerprint density at radius 1 is 1.20 bits per heavy atom. The Morgan fingerprint density at radius 2 is 1.96 bits per heavy atom. The van der Waals surface area contributed by atoms with Crippen LogP contribution in [0.15, 0.2) is 47.5 Å². The third-order valence-electron chi connectivity index (χ3n) is 4.07. The van der Waals surface area contributed by atoms with E-state index in [2.05, 4.69) is 18.2 Å². The summed E-state index contributed by atoms with van der Waals surface area (Å²) >= 11 is 1.61. The molecular weight excluding hydrogens is 330 g/mol. The van der Waals surface area contributed by atoms with Crippen molar-refractivity contribution in [1.82, 2.24) is 4.90 Å². The molecule has 0 aromatic heterocycles. The number of amidine groups is 1. The minimum atomic E-state index is -0.0688. The second-order valence-electron chi connectivity index (χ2n) is 6.03. The highest BCUT2D eigenvalue weighted by Crippen LogP contribution is 2.26. The molecule has 0 N–H and O–H groups in total. The lowest BCUT2D eigenvalue weighted by Crippen LogP contribution is -2.39. The molecule has 1 aliphatic heterocycles. The average Bonchev–Trinajstić information content (AvgIpc) is 2.65. The lowest BCUT2D eigenvalue weighted by Gasteiger charge is -2.28. The van der Waals surface area contributed by atoms with Crippen molar-refractivity contribution in [2.24, 2.45) is 4.99 Å². The number of carbonyl (C=O) groups excluding carboxylic acids is 1. The molecule has 1 saturated heterocycles. The third kappa shape index (κ3) is 3.92. The van der Waals surface area contributed by atoms with E-state index in [-0.39, 0.29) is 5.91 Å². The molecule has 0 bridgehead atoms. The standard InChI is InChI=1S/C20H19N3OS/c1-14-4-5-15(2)18(12-14)22-20-23(10-3-11-25-20)19(24)17-8-6-16(13-21)7-9-17/h4-9,12H,3,10-11H2,1-2H3. The number of benzene rings is 2. The maximum absolute atomic E-state index is 12.9. The predicted octanol–water partition coefficient (Wildman–Crippen LogP) is 4.44. The Bertz CT molecular complexity index is 866. The quantitative estimate of drug-likeness (QED) is 0.805. The topological polar surface area (TPSA) is 56.5 Å². The highest BCUT2D eigenvalue weighted by Gasteiger charge is 2.25. The number of nitriles is 1. The highest BCUT2D eigenvalue weighted by atomic mass is 32.2. The van der Waals surface area contributed by atoms with Gasteiger partial charge in [-0.3, -0.25) is 9.69 Å². The summed E-state index contributed by atoms with van der Waals surface area (Å²) < 4.78 is 0. The number of rotatable bonds is 2. The van der Waals surface area contributed by atoms with Crippen LogP contribution in [0.1, 0.15) is 33.5 Å². The molecule has 25 heavy (non-hydrogen) atoms. The summed E-state index contributed by atoms with van der Waals surface area (Å²) in [7, 11) is 0. The van der Waals surface area contributed by atoms with Crippen molar-refractivity contribution in [3.05, 3.63) is 64.7 Å². The molecule has 1 amide bonds. The van der Waals surface area contributed by atoms with Crippen LogP contribution in [0, 0.1) is 25.2 Å². The molecule has 0 saturated carbocycles. The Hall–Kier alpha value is -2.58. The zero-order valence-electron chi connectivity index (χ0n) is 14.3. The van der Waals surface area contributed by atoms with Gasteiger partial charge in [0, 0.05) is 17.9 Å². The van der Waals surface area contributed by atoms with Crippen LogP contribution in [0.4, 0.5) is 5.69 Å². The van der Waals surface area contributed by atoms with Gasteiger partial charge in [0.1, 0.15) is 0 Å². The normalized spacial score (nSPS) is 15.9. The summed E-state index contributed by atoms with van der Waals surface area (Å²) in [4.78, 5) is 19.4. The second-order valence-corrected chi connectivity index (χ2v) is 7.09. The van der Waals surface area contributed by atoms with Crippen LogP contribution in [0.5, 0.6) is 0 Å². The van der Waals surface area contributed by atoms with Gasteiger partial charge in [-0.05, 0) is 61.7 Å². The number of hydrogen-bond acceptors (Lipinski definition) is 4. The van der Waals surface area contributed by atoms with Gasteiger partial charge in [0.15, 0.2) is 5.17 Å². The van der Waals surface area contributed by atoms with Gasteiger partial charge < -0.3 is 0 Å². The lowest BCUT2D eigenvalue weighted by molar-refractivity contribution is 0.0849. The van der Waals surface area contributed by atoms with E-state index in [0.717, 1.165) is 34.2 Å². The van der Waals surface area contributed by atoms with E-state index >= 15 is 0 Å². The van der Waals surface area contributed by atoms with Gasteiger partial charge in [-0.15, -0.1) is 0 Å². The molecule has 0 radical (unpaired) electrons. The van der Waals surface area contributed by atoms with Gasteiger partial charge in [0.05, 0.1) is 17.3 Å². The first-order valence-electron chi connectivity index (χ1n) is 8.19.